The van der Waals surface area contributed by atoms with Crippen LogP contribution in [0, 0.1) is 0 Å². The van der Waals surface area contributed by atoms with E-state index < -0.39 is 13.8 Å². The maximum atomic E-state index is 11.1. The minimum atomic E-state index is -4.66. The molecule has 0 aromatic carbocycles. The van der Waals surface area contributed by atoms with Gasteiger partial charge in [0.2, 0.25) is 0 Å². The van der Waals surface area contributed by atoms with Crippen LogP contribution >= 0.6 is 7.82 Å². The van der Waals surface area contributed by atoms with Crippen LogP contribution in [0.3, 0.4) is 0 Å². The van der Waals surface area contributed by atoms with E-state index in [1.165, 1.54) is 77.0 Å². The van der Waals surface area contributed by atoms with Gasteiger partial charge in [-0.25, -0.2) is 4.57 Å². The normalized spacial score (nSPS) is 10.7. The number of carbonyl (C=O) groups excluding carboxylic acids is 1. The molecule has 5 nitrogen and oxygen atoms in total. The topological polar surface area (TPSA) is 83.8 Å². The van der Waals surface area contributed by atoms with Gasteiger partial charge in [-0.3, -0.25) is 14.6 Å². The summed E-state index contributed by atoms with van der Waals surface area (Å²) in [6.45, 7) is 2.25. The van der Waals surface area contributed by atoms with Gasteiger partial charge in [0.1, 0.15) is 0 Å². The number of hydrogen-bond acceptors (Lipinski definition) is 3. The summed E-state index contributed by atoms with van der Waals surface area (Å²) in [6.07, 6.45) is 18.7. The van der Waals surface area contributed by atoms with Crippen LogP contribution in [0.4, 0.5) is 0 Å². The number of phosphoric acid groups is 1. The Morgan fingerprint density at radius 2 is 1.04 bits per heavy atom. The Hall–Kier alpha value is 1.65. The summed E-state index contributed by atoms with van der Waals surface area (Å²) in [6, 6.07) is 0. The van der Waals surface area contributed by atoms with Gasteiger partial charge in [0, 0.05) is 6.42 Å². The van der Waals surface area contributed by atoms with Gasteiger partial charge in [0.25, 0.3) is 0 Å². The molecule has 0 aliphatic carbocycles. The van der Waals surface area contributed by atoms with Gasteiger partial charge in [-0.05, 0) is 6.42 Å². The van der Waals surface area contributed by atoms with Gasteiger partial charge in [0.15, 0.2) is 0 Å². The fourth-order valence-corrected chi connectivity index (χ4v) is 3.18. The summed E-state index contributed by atoms with van der Waals surface area (Å²) >= 11 is 0. The van der Waals surface area contributed by atoms with Crippen LogP contribution in [0.25, 0.3) is 0 Å². The number of hydrogen-bond donors (Lipinski definition) is 2. The van der Waals surface area contributed by atoms with E-state index in [1.54, 1.807) is 0 Å². The van der Waals surface area contributed by atoms with Crippen molar-refractivity contribution in [3.05, 3.63) is 0 Å². The van der Waals surface area contributed by atoms with Crippen molar-refractivity contribution in [3.63, 3.8) is 0 Å². The Morgan fingerprint density at radius 3 is 1.35 bits per heavy atom. The minimum Gasteiger partial charge on any atom is 0.316 e. The summed E-state index contributed by atoms with van der Waals surface area (Å²) in [5, 5.41) is 0. The predicted molar refractivity (Wildman–Crippen MR) is 115 cm³/mol. The summed E-state index contributed by atoms with van der Waals surface area (Å²) in [7, 11) is -4.66. The minimum absolute atomic E-state index is 0. The molecule has 0 atom stereocenters. The second-order valence-electron chi connectivity index (χ2n) is 6.65. The first-order chi connectivity index (χ1) is 11.5. The standard InChI is InChI=1S/C18H37O5P.Ca.Mg.4H/c1-2-3-4-5-6-7-8-9-10-11-12-13-14-15-16-17-18(19)23-24(20,21)22;;;;;;/h2-17H2,1H3,(H2,20,21,22);;;;;;. The number of unbranched alkanes of at least 4 members (excludes halogenated alkanes) is 14. The van der Waals surface area contributed by atoms with Crippen molar-refractivity contribution in [3.8, 4) is 0 Å². The van der Waals surface area contributed by atoms with Gasteiger partial charge in [-0.15, -0.1) is 0 Å². The van der Waals surface area contributed by atoms with E-state index in [-0.39, 0.29) is 67.2 Å². The van der Waals surface area contributed by atoms with Gasteiger partial charge in [-0.1, -0.05) is 96.8 Å². The van der Waals surface area contributed by atoms with Crippen molar-refractivity contribution >= 4 is 74.6 Å². The smallest absolute Gasteiger partial charge is 0.316 e. The van der Waals surface area contributed by atoms with Crippen molar-refractivity contribution < 1.29 is 23.7 Å². The molecule has 0 rings (SSSR count). The molecule has 0 amide bonds. The monoisotopic (exact) mass is 432 g/mol. The number of rotatable bonds is 17. The third-order valence-corrected chi connectivity index (χ3v) is 4.65. The number of carbonyl (C=O) groups is 1. The maximum absolute atomic E-state index is 11.1. The Balaban J connectivity index is -0.00000264. The van der Waals surface area contributed by atoms with Crippen LogP contribution in [0.2, 0.25) is 0 Å². The van der Waals surface area contributed by atoms with Crippen molar-refractivity contribution in [2.75, 3.05) is 0 Å². The van der Waals surface area contributed by atoms with E-state index in [4.69, 9.17) is 9.79 Å². The summed E-state index contributed by atoms with van der Waals surface area (Å²) in [5.41, 5.74) is 0. The zero-order valence-electron chi connectivity index (χ0n) is 15.4. The molecule has 26 heavy (non-hydrogen) atoms. The number of phosphoric ester groups is 1. The molecule has 0 heterocycles. The predicted octanol–water partition coefficient (Wildman–Crippen LogP) is 4.05. The molecule has 0 unspecified atom stereocenters. The molecule has 0 aromatic rings. The fourth-order valence-electron chi connectivity index (χ4n) is 2.82. The molecule has 8 heteroatoms. The van der Waals surface area contributed by atoms with Gasteiger partial charge < -0.3 is 4.52 Å². The molecule has 0 aliphatic rings. The van der Waals surface area contributed by atoms with Crippen LogP contribution in [0.5, 0.6) is 0 Å². The SMILES string of the molecule is CCCCCCCCCCCCCCCCCC(=O)OP(=O)(O)O.[CaH2].[MgH2]. The zero-order valence-corrected chi connectivity index (χ0v) is 16.3. The largest absolute Gasteiger partial charge is 0.316 e. The third-order valence-electron chi connectivity index (χ3n) is 4.21. The molecule has 0 saturated heterocycles. The Kier molecular flexibility index (Phi) is 28.5. The molecule has 152 valence electrons. The van der Waals surface area contributed by atoms with Gasteiger partial charge in [-0.2, -0.15) is 0 Å². The quantitative estimate of drug-likeness (QED) is 0.206. The molecule has 0 fully saturated rings. The Morgan fingerprint density at radius 1 is 0.731 bits per heavy atom. The third kappa shape index (κ3) is 27.9. The van der Waals surface area contributed by atoms with Gasteiger partial charge >= 0.3 is 74.6 Å². The second kappa shape index (κ2) is 22.9. The molecule has 2 N–H and O–H groups in total. The molecule has 0 aromatic heterocycles. The van der Waals surface area contributed by atoms with E-state index in [2.05, 4.69) is 11.4 Å². The van der Waals surface area contributed by atoms with E-state index in [0.29, 0.717) is 6.42 Å². The summed E-state index contributed by atoms with van der Waals surface area (Å²) in [4.78, 5) is 28.0. The van der Waals surface area contributed by atoms with Crippen molar-refractivity contribution in [1.82, 2.24) is 0 Å². The molecule has 0 saturated carbocycles. The fraction of sp³-hybridized carbons (Fsp3) is 0.944. The molecular formula is C18H41CaMgO5P. The first-order valence-electron chi connectivity index (χ1n) is 9.73. The van der Waals surface area contributed by atoms with E-state index in [1.807, 2.05) is 0 Å². The molecule has 0 radical (unpaired) electrons. The molecular weight excluding hydrogens is 392 g/mol. The first-order valence-corrected chi connectivity index (χ1v) is 11.3. The van der Waals surface area contributed by atoms with Crippen molar-refractivity contribution in [2.45, 2.75) is 110 Å². The Bertz CT molecular complexity index is 352. The van der Waals surface area contributed by atoms with E-state index in [9.17, 15) is 9.36 Å². The maximum Gasteiger partial charge on any atom is 0.316 e. The van der Waals surface area contributed by atoms with Crippen LogP contribution in [-0.2, 0) is 13.9 Å². The van der Waals surface area contributed by atoms with Gasteiger partial charge in [0.05, 0.1) is 0 Å². The van der Waals surface area contributed by atoms with Crippen LogP contribution in [-0.4, -0.2) is 76.5 Å². The molecule has 0 bridgehead atoms. The summed E-state index contributed by atoms with van der Waals surface area (Å²) < 4.78 is 14.4. The summed E-state index contributed by atoms with van der Waals surface area (Å²) in [5.74, 6) is -0.807. The molecule has 0 spiro atoms. The molecule has 0 aliphatic heterocycles. The average molecular weight is 433 g/mol. The van der Waals surface area contributed by atoms with E-state index in [0.717, 1.165) is 12.8 Å². The van der Waals surface area contributed by atoms with Crippen molar-refractivity contribution in [1.29, 1.82) is 0 Å². The van der Waals surface area contributed by atoms with Crippen LogP contribution in [0.1, 0.15) is 110 Å². The van der Waals surface area contributed by atoms with Crippen LogP contribution < -0.4 is 0 Å². The zero-order chi connectivity index (χ0) is 18.1. The Labute approximate surface area is 206 Å². The van der Waals surface area contributed by atoms with Crippen LogP contribution in [0.15, 0.2) is 0 Å². The average Bonchev–Trinajstić information content (AvgIpc) is 2.49. The second-order valence-corrected chi connectivity index (χ2v) is 7.82. The first kappa shape index (κ1) is 32.3. The van der Waals surface area contributed by atoms with E-state index >= 15 is 0 Å². The van der Waals surface area contributed by atoms with Crippen molar-refractivity contribution in [2.24, 2.45) is 0 Å².